The number of hydrogen-bond acceptors (Lipinski definition) is 1. The molecular weight excluding hydrogens is 246 g/mol. The van der Waals surface area contributed by atoms with Gasteiger partial charge in [0, 0.05) is 6.42 Å². The van der Waals surface area contributed by atoms with Gasteiger partial charge in [0.2, 0.25) is 0 Å². The lowest BCUT2D eigenvalue weighted by Crippen LogP contribution is -2.38. The Kier molecular flexibility index (Phi) is 4.24. The summed E-state index contributed by atoms with van der Waals surface area (Å²) in [5.41, 5.74) is 0.343. The van der Waals surface area contributed by atoms with Crippen LogP contribution >= 0.6 is 0 Å². The lowest BCUT2D eigenvalue weighted by Gasteiger charge is -2.41. The Hall–Kier alpha value is -0.960. The summed E-state index contributed by atoms with van der Waals surface area (Å²) in [4.78, 5) is 0. The first-order valence-electron chi connectivity index (χ1n) is 7.03. The van der Waals surface area contributed by atoms with Crippen molar-refractivity contribution in [2.45, 2.75) is 52.1 Å². The molecule has 1 N–H and O–H groups in total. The number of hydrogen-bond donors (Lipinski definition) is 1. The number of benzene rings is 1. The summed E-state index contributed by atoms with van der Waals surface area (Å²) < 4.78 is 26.8. The van der Waals surface area contributed by atoms with E-state index in [9.17, 15) is 13.9 Å². The molecular formula is C16H22F2O. The zero-order valence-corrected chi connectivity index (χ0v) is 11.6. The van der Waals surface area contributed by atoms with Crippen LogP contribution in [0.3, 0.4) is 0 Å². The molecule has 0 spiro atoms. The third-order valence-corrected chi connectivity index (χ3v) is 4.52. The van der Waals surface area contributed by atoms with Crippen LogP contribution < -0.4 is 0 Å². The van der Waals surface area contributed by atoms with E-state index in [4.69, 9.17) is 0 Å². The van der Waals surface area contributed by atoms with Gasteiger partial charge in [0.05, 0.1) is 6.10 Å². The maximum Gasteiger partial charge on any atom is 0.162 e. The summed E-state index contributed by atoms with van der Waals surface area (Å²) in [6.45, 7) is 4.31. The molecule has 0 amide bonds. The Morgan fingerprint density at radius 3 is 2.74 bits per heavy atom. The van der Waals surface area contributed by atoms with Gasteiger partial charge in [-0.2, -0.15) is 0 Å². The monoisotopic (exact) mass is 268 g/mol. The summed E-state index contributed by atoms with van der Waals surface area (Å²) in [7, 11) is 0. The highest BCUT2D eigenvalue weighted by Crippen LogP contribution is 2.43. The van der Waals surface area contributed by atoms with Crippen molar-refractivity contribution < 1.29 is 13.9 Å². The van der Waals surface area contributed by atoms with Crippen LogP contribution in [0.25, 0.3) is 0 Å². The van der Waals surface area contributed by atoms with Crippen LogP contribution in [0.1, 0.15) is 45.1 Å². The second-order valence-electron chi connectivity index (χ2n) is 6.33. The van der Waals surface area contributed by atoms with Crippen LogP contribution in [-0.4, -0.2) is 11.2 Å². The average molecular weight is 268 g/mol. The van der Waals surface area contributed by atoms with Gasteiger partial charge in [-0.05, 0) is 35.8 Å². The van der Waals surface area contributed by atoms with Gasteiger partial charge in [0.25, 0.3) is 0 Å². The van der Waals surface area contributed by atoms with Gasteiger partial charge < -0.3 is 5.11 Å². The molecule has 0 heterocycles. The fourth-order valence-corrected chi connectivity index (χ4v) is 3.31. The van der Waals surface area contributed by atoms with Gasteiger partial charge >= 0.3 is 0 Å². The van der Waals surface area contributed by atoms with E-state index < -0.39 is 17.7 Å². The zero-order chi connectivity index (χ0) is 14.0. The topological polar surface area (TPSA) is 20.2 Å². The van der Waals surface area contributed by atoms with Crippen LogP contribution in [-0.2, 0) is 6.42 Å². The van der Waals surface area contributed by atoms with E-state index >= 15 is 0 Å². The molecule has 0 aliphatic heterocycles. The van der Waals surface area contributed by atoms with Crippen molar-refractivity contribution in [3.05, 3.63) is 35.4 Å². The Balaban J connectivity index is 2.12. The molecule has 0 saturated heterocycles. The molecule has 1 aliphatic rings. The van der Waals surface area contributed by atoms with Crippen molar-refractivity contribution in [3.8, 4) is 0 Å². The summed E-state index contributed by atoms with van der Waals surface area (Å²) >= 11 is 0. The molecule has 1 aliphatic carbocycles. The maximum atomic E-state index is 13.6. The second-order valence-corrected chi connectivity index (χ2v) is 6.33. The molecule has 3 heteroatoms. The third-order valence-electron chi connectivity index (χ3n) is 4.52. The van der Waals surface area contributed by atoms with E-state index in [0.717, 1.165) is 25.3 Å². The minimum absolute atomic E-state index is 0.0709. The number of halogens is 2. The number of aliphatic hydroxyl groups is 1. The molecule has 1 aromatic rings. The van der Waals surface area contributed by atoms with Gasteiger partial charge in [0.15, 0.2) is 11.6 Å². The largest absolute Gasteiger partial charge is 0.392 e. The summed E-state index contributed by atoms with van der Waals surface area (Å²) in [5.74, 6) is -1.51. The lowest BCUT2D eigenvalue weighted by molar-refractivity contribution is 0.00532. The summed E-state index contributed by atoms with van der Waals surface area (Å²) in [6.07, 6.45) is 3.93. The van der Waals surface area contributed by atoms with Gasteiger partial charge in [-0.15, -0.1) is 0 Å². The van der Waals surface area contributed by atoms with Gasteiger partial charge in [0.1, 0.15) is 0 Å². The zero-order valence-electron chi connectivity index (χ0n) is 11.6. The molecule has 2 atom stereocenters. The molecule has 0 aromatic heterocycles. The van der Waals surface area contributed by atoms with Crippen LogP contribution in [0, 0.1) is 23.0 Å². The fraction of sp³-hybridized carbons (Fsp3) is 0.625. The Labute approximate surface area is 113 Å². The standard InChI is InChI=1S/C16H22F2O/c1-16(2)9-4-3-7-12(16)14(19)10-11-6-5-8-13(17)15(11)18/h5-6,8,12,14,19H,3-4,7,9-10H2,1-2H3. The van der Waals surface area contributed by atoms with Crippen molar-refractivity contribution in [3.63, 3.8) is 0 Å². The predicted octanol–water partition coefficient (Wildman–Crippen LogP) is 4.08. The van der Waals surface area contributed by atoms with E-state index in [1.807, 2.05) is 0 Å². The molecule has 19 heavy (non-hydrogen) atoms. The molecule has 106 valence electrons. The molecule has 1 nitrogen and oxygen atoms in total. The lowest BCUT2D eigenvalue weighted by atomic mass is 9.66. The van der Waals surface area contributed by atoms with Crippen molar-refractivity contribution in [1.82, 2.24) is 0 Å². The van der Waals surface area contributed by atoms with E-state index in [1.54, 1.807) is 6.07 Å². The molecule has 0 radical (unpaired) electrons. The SMILES string of the molecule is CC1(C)CCCCC1C(O)Cc1cccc(F)c1F. The molecule has 1 aromatic carbocycles. The number of rotatable bonds is 3. The predicted molar refractivity (Wildman–Crippen MR) is 71.8 cm³/mol. The fourth-order valence-electron chi connectivity index (χ4n) is 3.31. The Morgan fingerprint density at radius 2 is 2.05 bits per heavy atom. The van der Waals surface area contributed by atoms with Crippen LogP contribution in [0.4, 0.5) is 8.78 Å². The van der Waals surface area contributed by atoms with Gasteiger partial charge in [-0.25, -0.2) is 8.78 Å². The van der Waals surface area contributed by atoms with E-state index in [0.29, 0.717) is 0 Å². The highest BCUT2D eigenvalue weighted by molar-refractivity contribution is 5.20. The van der Waals surface area contributed by atoms with E-state index in [-0.39, 0.29) is 23.3 Å². The molecule has 1 saturated carbocycles. The molecule has 1 fully saturated rings. The average Bonchev–Trinajstić information content (AvgIpc) is 2.34. The van der Waals surface area contributed by atoms with E-state index in [2.05, 4.69) is 13.8 Å². The second kappa shape index (κ2) is 5.58. The Bertz CT molecular complexity index is 442. The molecule has 0 bridgehead atoms. The van der Waals surface area contributed by atoms with Crippen molar-refractivity contribution in [2.24, 2.45) is 11.3 Å². The normalized spacial score (nSPS) is 24.2. The summed E-state index contributed by atoms with van der Waals surface area (Å²) in [5, 5.41) is 10.4. The van der Waals surface area contributed by atoms with Crippen molar-refractivity contribution in [1.29, 1.82) is 0 Å². The quantitative estimate of drug-likeness (QED) is 0.875. The smallest absolute Gasteiger partial charge is 0.162 e. The van der Waals surface area contributed by atoms with Crippen molar-refractivity contribution in [2.75, 3.05) is 0 Å². The van der Waals surface area contributed by atoms with Crippen LogP contribution in [0.15, 0.2) is 18.2 Å². The first kappa shape index (κ1) is 14.4. The highest BCUT2D eigenvalue weighted by atomic mass is 19.2. The number of aliphatic hydroxyl groups excluding tert-OH is 1. The first-order valence-corrected chi connectivity index (χ1v) is 7.03. The molecule has 2 rings (SSSR count). The Morgan fingerprint density at radius 1 is 1.32 bits per heavy atom. The minimum Gasteiger partial charge on any atom is -0.392 e. The van der Waals surface area contributed by atoms with Gasteiger partial charge in [-0.3, -0.25) is 0 Å². The summed E-state index contributed by atoms with van der Waals surface area (Å²) in [6, 6.07) is 4.15. The van der Waals surface area contributed by atoms with Gasteiger partial charge in [-0.1, -0.05) is 38.8 Å². The van der Waals surface area contributed by atoms with Crippen LogP contribution in [0.5, 0.6) is 0 Å². The molecule has 2 unspecified atom stereocenters. The van der Waals surface area contributed by atoms with E-state index in [1.165, 1.54) is 12.5 Å². The van der Waals surface area contributed by atoms with Crippen molar-refractivity contribution >= 4 is 0 Å². The maximum absolute atomic E-state index is 13.6. The highest BCUT2D eigenvalue weighted by Gasteiger charge is 2.37. The van der Waals surface area contributed by atoms with Crippen LogP contribution in [0.2, 0.25) is 0 Å². The minimum atomic E-state index is -0.840. The third kappa shape index (κ3) is 3.14. The first-order chi connectivity index (χ1) is 8.92.